The minimum Gasteiger partial charge on any atom is -0.381 e. The summed E-state index contributed by atoms with van der Waals surface area (Å²) in [6, 6.07) is 3.31. The van der Waals surface area contributed by atoms with Gasteiger partial charge in [-0.3, -0.25) is 9.59 Å². The summed E-state index contributed by atoms with van der Waals surface area (Å²) >= 11 is 0. The maximum absolute atomic E-state index is 12.6. The molecule has 1 aromatic rings. The van der Waals surface area contributed by atoms with Crippen molar-refractivity contribution < 1.29 is 9.53 Å². The molecule has 0 radical (unpaired) electrons. The second kappa shape index (κ2) is 4.79. The van der Waals surface area contributed by atoms with Gasteiger partial charge < -0.3 is 20.4 Å². The largest absolute Gasteiger partial charge is 0.381 e. The number of carbonyl (C=O) groups is 1. The molecule has 2 atom stereocenters. The second-order valence-corrected chi connectivity index (χ2v) is 5.18. The summed E-state index contributed by atoms with van der Waals surface area (Å²) < 4.78 is 5.44. The Hall–Kier alpha value is -1.66. The number of H-pyrrole nitrogens is 1. The van der Waals surface area contributed by atoms with E-state index in [1.165, 1.54) is 0 Å². The van der Waals surface area contributed by atoms with Crippen LogP contribution in [0.25, 0.3) is 0 Å². The standard InChI is InChI=1S/C13H17N3O3/c17-11-10(2-1-4-15-11)16-12(18)13-3-5-19-7-9(13)6-14-8-13/h1-2,4,9,14H,3,5-8H2,(H,15,17)(H,16,18)/t9-,13+/m0/s1. The molecule has 0 saturated carbocycles. The lowest BCUT2D eigenvalue weighted by Crippen LogP contribution is -2.48. The molecule has 1 amide bonds. The summed E-state index contributed by atoms with van der Waals surface area (Å²) in [4.78, 5) is 26.7. The van der Waals surface area contributed by atoms with Crippen molar-refractivity contribution in [2.24, 2.45) is 11.3 Å². The summed E-state index contributed by atoms with van der Waals surface area (Å²) in [6.07, 6.45) is 2.24. The molecule has 0 aromatic carbocycles. The zero-order valence-corrected chi connectivity index (χ0v) is 10.6. The van der Waals surface area contributed by atoms with E-state index in [-0.39, 0.29) is 17.4 Å². The molecule has 19 heavy (non-hydrogen) atoms. The fraction of sp³-hybridized carbons (Fsp3) is 0.538. The van der Waals surface area contributed by atoms with Crippen molar-refractivity contribution >= 4 is 11.6 Å². The first kappa shape index (κ1) is 12.4. The molecule has 3 heterocycles. The number of hydrogen-bond acceptors (Lipinski definition) is 4. The van der Waals surface area contributed by atoms with E-state index in [0.29, 0.717) is 31.9 Å². The van der Waals surface area contributed by atoms with Crippen molar-refractivity contribution in [1.82, 2.24) is 10.3 Å². The molecule has 2 aliphatic heterocycles. The van der Waals surface area contributed by atoms with Crippen LogP contribution in [0.2, 0.25) is 0 Å². The minimum atomic E-state index is -0.444. The number of aromatic nitrogens is 1. The van der Waals surface area contributed by atoms with E-state index in [9.17, 15) is 9.59 Å². The summed E-state index contributed by atoms with van der Waals surface area (Å²) in [5.74, 6) is 0.103. The van der Waals surface area contributed by atoms with Gasteiger partial charge in [0.05, 0.1) is 12.0 Å². The van der Waals surface area contributed by atoms with E-state index >= 15 is 0 Å². The maximum Gasteiger partial charge on any atom is 0.271 e. The molecule has 0 bridgehead atoms. The molecule has 102 valence electrons. The number of hydrogen-bond donors (Lipinski definition) is 3. The van der Waals surface area contributed by atoms with Gasteiger partial charge in [-0.2, -0.15) is 0 Å². The molecule has 6 nitrogen and oxygen atoms in total. The molecule has 0 aliphatic carbocycles. The van der Waals surface area contributed by atoms with Crippen molar-refractivity contribution in [3.63, 3.8) is 0 Å². The van der Waals surface area contributed by atoms with Gasteiger partial charge in [0.15, 0.2) is 0 Å². The van der Waals surface area contributed by atoms with E-state index in [2.05, 4.69) is 15.6 Å². The van der Waals surface area contributed by atoms with Crippen molar-refractivity contribution in [3.05, 3.63) is 28.7 Å². The molecule has 3 N–H and O–H groups in total. The van der Waals surface area contributed by atoms with Crippen molar-refractivity contribution in [2.45, 2.75) is 6.42 Å². The van der Waals surface area contributed by atoms with Crippen LogP contribution in [0.15, 0.2) is 23.1 Å². The lowest BCUT2D eigenvalue weighted by atomic mass is 9.73. The molecular weight excluding hydrogens is 246 g/mol. The van der Waals surface area contributed by atoms with Crippen LogP contribution >= 0.6 is 0 Å². The minimum absolute atomic E-state index is 0.0810. The molecule has 6 heteroatoms. The first-order chi connectivity index (χ1) is 9.22. The number of nitrogens with one attached hydrogen (secondary N) is 3. The van der Waals surface area contributed by atoms with E-state index in [1.54, 1.807) is 18.3 Å². The summed E-state index contributed by atoms with van der Waals surface area (Å²) in [5.41, 5.74) is -0.415. The Kier molecular flexibility index (Phi) is 3.12. The summed E-state index contributed by atoms with van der Waals surface area (Å²) in [5, 5.41) is 6.02. The highest BCUT2D eigenvalue weighted by atomic mass is 16.5. The predicted molar refractivity (Wildman–Crippen MR) is 69.9 cm³/mol. The van der Waals surface area contributed by atoms with Gasteiger partial charge in [0, 0.05) is 31.8 Å². The first-order valence-electron chi connectivity index (χ1n) is 6.50. The topological polar surface area (TPSA) is 83.2 Å². The normalized spacial score (nSPS) is 29.8. The average Bonchev–Trinajstić information content (AvgIpc) is 2.86. The van der Waals surface area contributed by atoms with Crippen molar-refractivity contribution in [2.75, 3.05) is 31.6 Å². The number of amides is 1. The van der Waals surface area contributed by atoms with Crippen molar-refractivity contribution in [1.29, 1.82) is 0 Å². The van der Waals surface area contributed by atoms with Gasteiger partial charge in [0.1, 0.15) is 5.69 Å². The Labute approximate surface area is 110 Å². The number of ether oxygens (including phenoxy) is 1. The van der Waals surface area contributed by atoms with Crippen LogP contribution in [0.1, 0.15) is 6.42 Å². The van der Waals surface area contributed by atoms with E-state index in [4.69, 9.17) is 4.74 Å². The monoisotopic (exact) mass is 263 g/mol. The number of carbonyl (C=O) groups excluding carboxylic acids is 1. The fourth-order valence-electron chi connectivity index (χ4n) is 2.95. The molecule has 2 aliphatic rings. The summed E-state index contributed by atoms with van der Waals surface area (Å²) in [6.45, 7) is 2.64. The number of anilines is 1. The van der Waals surface area contributed by atoms with Gasteiger partial charge in [-0.25, -0.2) is 0 Å². The molecule has 2 fully saturated rings. The van der Waals surface area contributed by atoms with Crippen molar-refractivity contribution in [3.8, 4) is 0 Å². The van der Waals surface area contributed by atoms with Crippen LogP contribution in [0.5, 0.6) is 0 Å². The van der Waals surface area contributed by atoms with Gasteiger partial charge in [-0.05, 0) is 18.6 Å². The summed E-state index contributed by atoms with van der Waals surface area (Å²) in [7, 11) is 0. The maximum atomic E-state index is 12.6. The third-order valence-corrected chi connectivity index (χ3v) is 4.14. The Morgan fingerprint density at radius 3 is 3.26 bits per heavy atom. The lowest BCUT2D eigenvalue weighted by Gasteiger charge is -2.36. The van der Waals surface area contributed by atoms with Gasteiger partial charge in [0.2, 0.25) is 5.91 Å². The number of pyridine rings is 1. The zero-order valence-electron chi connectivity index (χ0n) is 10.6. The third-order valence-electron chi connectivity index (χ3n) is 4.14. The fourth-order valence-corrected chi connectivity index (χ4v) is 2.95. The van der Waals surface area contributed by atoms with E-state index in [0.717, 1.165) is 6.54 Å². The molecule has 1 aromatic heterocycles. The highest BCUT2D eigenvalue weighted by Crippen LogP contribution is 2.39. The van der Waals surface area contributed by atoms with E-state index in [1.807, 2.05) is 0 Å². The van der Waals surface area contributed by atoms with Gasteiger partial charge >= 0.3 is 0 Å². The van der Waals surface area contributed by atoms with Crippen LogP contribution < -0.4 is 16.2 Å². The SMILES string of the molecule is O=C(Nc1ccc[nH]c1=O)[C@@]12CCOC[C@@H]1CNC2. The Bertz CT molecular complexity index is 542. The quantitative estimate of drug-likeness (QED) is 0.698. The lowest BCUT2D eigenvalue weighted by molar-refractivity contribution is -0.133. The first-order valence-corrected chi connectivity index (χ1v) is 6.50. The van der Waals surface area contributed by atoms with E-state index < -0.39 is 5.41 Å². The Morgan fingerprint density at radius 1 is 1.53 bits per heavy atom. The molecule has 0 spiro atoms. The average molecular weight is 263 g/mol. The van der Waals surface area contributed by atoms with Crippen LogP contribution in [0.4, 0.5) is 5.69 Å². The highest BCUT2D eigenvalue weighted by Gasteiger charge is 2.50. The zero-order chi connectivity index (χ0) is 13.3. The predicted octanol–water partition coefficient (Wildman–Crippen LogP) is -0.0605. The number of rotatable bonds is 2. The smallest absolute Gasteiger partial charge is 0.271 e. The van der Waals surface area contributed by atoms with Crippen LogP contribution in [-0.2, 0) is 9.53 Å². The highest BCUT2D eigenvalue weighted by molar-refractivity contribution is 5.96. The van der Waals surface area contributed by atoms with Crippen LogP contribution in [0.3, 0.4) is 0 Å². The molecule has 3 rings (SSSR count). The Morgan fingerprint density at radius 2 is 2.42 bits per heavy atom. The van der Waals surface area contributed by atoms with Gasteiger partial charge in [-0.15, -0.1) is 0 Å². The Balaban J connectivity index is 1.83. The molecular formula is C13H17N3O3. The second-order valence-electron chi connectivity index (χ2n) is 5.18. The van der Waals surface area contributed by atoms with Crippen LogP contribution in [0, 0.1) is 11.3 Å². The van der Waals surface area contributed by atoms with Gasteiger partial charge in [-0.1, -0.05) is 0 Å². The number of fused-ring (bicyclic) bond motifs is 1. The van der Waals surface area contributed by atoms with Gasteiger partial charge in [0.25, 0.3) is 5.56 Å². The third kappa shape index (κ3) is 2.06. The molecule has 2 saturated heterocycles. The molecule has 0 unspecified atom stereocenters. The number of aromatic amines is 1. The van der Waals surface area contributed by atoms with Crippen LogP contribution in [-0.4, -0.2) is 37.2 Å².